The molecule has 0 saturated heterocycles. The molecule has 88 valence electrons. The molecule has 0 spiro atoms. The quantitative estimate of drug-likeness (QED) is 0.780. The molecule has 0 aliphatic rings. The van der Waals surface area contributed by atoms with Crippen LogP contribution in [0, 0.1) is 0 Å². The molecule has 1 aromatic carbocycles. The van der Waals surface area contributed by atoms with Crippen LogP contribution in [0.5, 0.6) is 0 Å². The number of benzene rings is 1. The first-order valence-corrected chi connectivity index (χ1v) is 5.79. The van der Waals surface area contributed by atoms with Crippen molar-refractivity contribution in [3.8, 4) is 0 Å². The Balaban J connectivity index is 2.17. The molecule has 0 fully saturated rings. The van der Waals surface area contributed by atoms with Crippen molar-refractivity contribution in [3.05, 3.63) is 72.6 Å². The van der Waals surface area contributed by atoms with E-state index in [0.717, 1.165) is 12.2 Å². The summed E-state index contributed by atoms with van der Waals surface area (Å²) < 4.78 is 2.07. The van der Waals surface area contributed by atoms with Crippen LogP contribution in [0.3, 0.4) is 0 Å². The predicted octanol–water partition coefficient (Wildman–Crippen LogP) is 3.15. The van der Waals surface area contributed by atoms with Crippen molar-refractivity contribution in [2.45, 2.75) is 19.1 Å². The Morgan fingerprint density at radius 2 is 1.94 bits per heavy atom. The maximum absolute atomic E-state index is 9.98. The third-order valence-electron chi connectivity index (χ3n) is 2.79. The first kappa shape index (κ1) is 11.7. The van der Waals surface area contributed by atoms with Crippen LogP contribution in [0.15, 0.2) is 61.3 Å². The van der Waals surface area contributed by atoms with Crippen LogP contribution < -0.4 is 0 Å². The average molecular weight is 227 g/mol. The molecule has 0 bridgehead atoms. The lowest BCUT2D eigenvalue weighted by atomic mass is 10.1. The maximum atomic E-state index is 9.98. The van der Waals surface area contributed by atoms with Crippen molar-refractivity contribution in [2.24, 2.45) is 0 Å². The third kappa shape index (κ3) is 2.86. The minimum atomic E-state index is -0.466. The average Bonchev–Trinajstić information content (AvgIpc) is 2.79. The van der Waals surface area contributed by atoms with Crippen molar-refractivity contribution in [1.82, 2.24) is 4.57 Å². The normalized spacial score (nSPS) is 12.3. The zero-order chi connectivity index (χ0) is 12.1. The van der Waals surface area contributed by atoms with Gasteiger partial charge in [-0.15, -0.1) is 6.58 Å². The van der Waals surface area contributed by atoms with Crippen LogP contribution in [-0.4, -0.2) is 9.67 Å². The first-order valence-electron chi connectivity index (χ1n) is 5.79. The van der Waals surface area contributed by atoms with E-state index in [4.69, 9.17) is 0 Å². The summed E-state index contributed by atoms with van der Waals surface area (Å²) in [6.07, 6.45) is 3.85. The van der Waals surface area contributed by atoms with Crippen LogP contribution in [0.2, 0.25) is 0 Å². The minimum absolute atomic E-state index is 0.466. The van der Waals surface area contributed by atoms with Gasteiger partial charge in [-0.05, 0) is 24.1 Å². The number of aliphatic hydroxyl groups excluding tert-OH is 1. The van der Waals surface area contributed by atoms with Gasteiger partial charge in [0.15, 0.2) is 0 Å². The van der Waals surface area contributed by atoms with Crippen molar-refractivity contribution in [1.29, 1.82) is 0 Å². The highest BCUT2D eigenvalue weighted by atomic mass is 16.3. The fourth-order valence-electron chi connectivity index (χ4n) is 1.93. The Morgan fingerprint density at radius 3 is 2.65 bits per heavy atom. The number of hydrogen-bond acceptors (Lipinski definition) is 1. The van der Waals surface area contributed by atoms with Gasteiger partial charge in [0.1, 0.15) is 0 Å². The summed E-state index contributed by atoms with van der Waals surface area (Å²) in [7, 11) is 0. The molecule has 1 N–H and O–H groups in total. The second-order valence-electron chi connectivity index (χ2n) is 4.09. The van der Waals surface area contributed by atoms with Crippen LogP contribution in [0.4, 0.5) is 0 Å². The van der Waals surface area contributed by atoms with Gasteiger partial charge >= 0.3 is 0 Å². The second-order valence-corrected chi connectivity index (χ2v) is 4.09. The van der Waals surface area contributed by atoms with Crippen molar-refractivity contribution in [3.63, 3.8) is 0 Å². The van der Waals surface area contributed by atoms with Gasteiger partial charge in [0.2, 0.25) is 0 Å². The zero-order valence-electron chi connectivity index (χ0n) is 9.79. The van der Waals surface area contributed by atoms with E-state index >= 15 is 0 Å². The Morgan fingerprint density at radius 1 is 1.18 bits per heavy atom. The highest BCUT2D eigenvalue weighted by Crippen LogP contribution is 2.18. The van der Waals surface area contributed by atoms with Gasteiger partial charge in [-0.1, -0.05) is 36.4 Å². The van der Waals surface area contributed by atoms with Gasteiger partial charge in [-0.3, -0.25) is 0 Å². The molecular formula is C15H17NO. The Labute approximate surface area is 102 Å². The molecule has 0 aliphatic carbocycles. The van der Waals surface area contributed by atoms with E-state index < -0.39 is 6.10 Å². The summed E-state index contributed by atoms with van der Waals surface area (Å²) in [5, 5.41) is 9.98. The van der Waals surface area contributed by atoms with E-state index in [2.05, 4.69) is 23.3 Å². The molecule has 17 heavy (non-hydrogen) atoms. The molecule has 1 atom stereocenters. The third-order valence-corrected chi connectivity index (χ3v) is 2.79. The summed E-state index contributed by atoms with van der Waals surface area (Å²) in [6.45, 7) is 4.44. The molecule has 2 rings (SSSR count). The molecule has 0 amide bonds. The lowest BCUT2D eigenvalue weighted by Crippen LogP contribution is -2.07. The molecule has 2 heteroatoms. The van der Waals surface area contributed by atoms with Gasteiger partial charge in [0.25, 0.3) is 0 Å². The monoisotopic (exact) mass is 227 g/mol. The van der Waals surface area contributed by atoms with E-state index in [1.165, 1.54) is 5.56 Å². The van der Waals surface area contributed by atoms with Crippen LogP contribution in [-0.2, 0) is 6.54 Å². The summed E-state index contributed by atoms with van der Waals surface area (Å²) in [5.41, 5.74) is 2.17. The molecule has 0 radical (unpaired) electrons. The van der Waals surface area contributed by atoms with Gasteiger partial charge in [-0.25, -0.2) is 0 Å². The zero-order valence-corrected chi connectivity index (χ0v) is 9.79. The summed E-state index contributed by atoms with van der Waals surface area (Å²) >= 11 is 0. The number of hydrogen-bond donors (Lipinski definition) is 1. The topological polar surface area (TPSA) is 25.2 Å². The van der Waals surface area contributed by atoms with Crippen LogP contribution in [0.25, 0.3) is 0 Å². The molecule has 1 heterocycles. The van der Waals surface area contributed by atoms with Crippen molar-refractivity contribution in [2.75, 3.05) is 0 Å². The maximum Gasteiger partial charge on any atom is 0.0973 e. The van der Waals surface area contributed by atoms with E-state index in [-0.39, 0.29) is 0 Å². The fourth-order valence-corrected chi connectivity index (χ4v) is 1.93. The first-order chi connectivity index (χ1) is 8.31. The molecular weight excluding hydrogens is 210 g/mol. The predicted molar refractivity (Wildman–Crippen MR) is 69.7 cm³/mol. The molecule has 2 aromatic rings. The molecule has 0 saturated carbocycles. The molecule has 0 unspecified atom stereocenters. The number of aliphatic hydroxyl groups is 1. The highest BCUT2D eigenvalue weighted by molar-refractivity contribution is 5.18. The fraction of sp³-hybridized carbons (Fsp3) is 0.200. The van der Waals surface area contributed by atoms with E-state index in [9.17, 15) is 5.11 Å². The van der Waals surface area contributed by atoms with Gasteiger partial charge in [0, 0.05) is 18.4 Å². The minimum Gasteiger partial charge on any atom is -0.387 e. The molecule has 2 nitrogen and oxygen atoms in total. The lowest BCUT2D eigenvalue weighted by molar-refractivity contribution is 0.172. The van der Waals surface area contributed by atoms with Gasteiger partial charge < -0.3 is 9.67 Å². The lowest BCUT2D eigenvalue weighted by Gasteiger charge is -2.13. The van der Waals surface area contributed by atoms with Crippen molar-refractivity contribution >= 4 is 0 Å². The number of nitrogens with zero attached hydrogens (tertiary/aromatic N) is 1. The Hall–Kier alpha value is -1.80. The molecule has 1 aromatic heterocycles. The van der Waals surface area contributed by atoms with Crippen LogP contribution >= 0.6 is 0 Å². The summed E-state index contributed by atoms with van der Waals surface area (Å²) in [6, 6.07) is 14.2. The Bertz CT molecular complexity index is 473. The highest BCUT2D eigenvalue weighted by Gasteiger charge is 2.10. The largest absolute Gasteiger partial charge is 0.387 e. The van der Waals surface area contributed by atoms with Crippen molar-refractivity contribution < 1.29 is 5.11 Å². The van der Waals surface area contributed by atoms with Gasteiger partial charge in [0.05, 0.1) is 6.10 Å². The summed E-state index contributed by atoms with van der Waals surface area (Å²) in [4.78, 5) is 0. The summed E-state index contributed by atoms with van der Waals surface area (Å²) in [5.74, 6) is 0. The van der Waals surface area contributed by atoms with E-state index in [1.807, 2.05) is 36.5 Å². The van der Waals surface area contributed by atoms with E-state index in [0.29, 0.717) is 6.42 Å². The molecule has 0 aliphatic heterocycles. The second kappa shape index (κ2) is 5.51. The Kier molecular flexibility index (Phi) is 3.78. The van der Waals surface area contributed by atoms with Crippen LogP contribution in [0.1, 0.15) is 23.8 Å². The smallest absolute Gasteiger partial charge is 0.0973 e. The van der Waals surface area contributed by atoms with Gasteiger partial charge in [-0.2, -0.15) is 0 Å². The number of aromatic nitrogens is 1. The SMILES string of the molecule is C=CC[C@H](O)c1cccn1Cc1ccccc1. The standard InChI is InChI=1S/C15H17NO/c1-2-7-15(17)14-10-6-11-16(14)12-13-8-4-3-5-9-13/h2-6,8-11,15,17H,1,7,12H2/t15-/m0/s1. The van der Waals surface area contributed by atoms with E-state index in [1.54, 1.807) is 6.08 Å². The number of rotatable bonds is 5.